The van der Waals surface area contributed by atoms with Gasteiger partial charge >= 0.3 is 6.09 Å². The van der Waals surface area contributed by atoms with Crippen LogP contribution in [0.4, 0.5) is 4.79 Å². The van der Waals surface area contributed by atoms with E-state index < -0.39 is 6.09 Å². The summed E-state index contributed by atoms with van der Waals surface area (Å²) in [6, 6.07) is 9.36. The molecule has 0 aliphatic carbocycles. The lowest BCUT2D eigenvalue weighted by atomic mass is 10.2. The summed E-state index contributed by atoms with van der Waals surface area (Å²) in [5.74, 6) is 0.0764. The van der Waals surface area contributed by atoms with Crippen LogP contribution < -0.4 is 5.43 Å². The number of aromatic nitrogens is 1. The zero-order valence-electron chi connectivity index (χ0n) is 13.5. The van der Waals surface area contributed by atoms with Crippen LogP contribution in [-0.2, 0) is 17.9 Å². The first-order chi connectivity index (χ1) is 11.5. The molecular weight excluding hydrogens is 346 g/mol. The molecule has 0 atom stereocenters. The van der Waals surface area contributed by atoms with Gasteiger partial charge in [-0.2, -0.15) is 5.10 Å². The van der Waals surface area contributed by atoms with Crippen LogP contribution >= 0.6 is 23.6 Å². The van der Waals surface area contributed by atoms with Gasteiger partial charge in [-0.05, 0) is 31.1 Å². The van der Waals surface area contributed by atoms with Gasteiger partial charge in [0, 0.05) is 6.54 Å². The van der Waals surface area contributed by atoms with E-state index in [-0.39, 0.29) is 12.5 Å². The molecule has 0 bridgehead atoms. The standard InChI is InChI=1S/C16H19N3O3S2/c1-3-9-19-14(20)13(24-16(19)23)11(2)17-18-15(21)22-10-12-7-5-4-6-8-12/h4-8,20H,3,9-10H2,1-2H3,(H,18,21)/b17-11+. The van der Waals surface area contributed by atoms with Gasteiger partial charge in [-0.3, -0.25) is 4.57 Å². The second-order valence-corrected chi connectivity index (χ2v) is 6.69. The number of nitrogens with zero attached hydrogens (tertiary/aromatic N) is 2. The van der Waals surface area contributed by atoms with Crippen LogP contribution in [-0.4, -0.2) is 21.5 Å². The number of hydrazone groups is 1. The normalized spacial score (nSPS) is 11.3. The summed E-state index contributed by atoms with van der Waals surface area (Å²) in [5.41, 5.74) is 3.68. The number of carbonyl (C=O) groups excluding carboxylic acids is 1. The van der Waals surface area contributed by atoms with Crippen molar-refractivity contribution in [1.29, 1.82) is 0 Å². The Hall–Kier alpha value is -2.19. The SMILES string of the molecule is CCCn1c(O)c(/C(C)=N/NC(=O)OCc2ccccc2)sc1=S. The molecular formula is C16H19N3O3S2. The molecule has 0 aliphatic rings. The quantitative estimate of drug-likeness (QED) is 0.460. The molecule has 0 radical (unpaired) electrons. The lowest BCUT2D eigenvalue weighted by molar-refractivity contribution is 0.140. The molecule has 2 N–H and O–H groups in total. The molecule has 1 aromatic heterocycles. The van der Waals surface area contributed by atoms with E-state index in [0.29, 0.717) is 21.1 Å². The van der Waals surface area contributed by atoms with Gasteiger partial charge in [0.1, 0.15) is 11.5 Å². The molecule has 0 fully saturated rings. The fraction of sp³-hybridized carbons (Fsp3) is 0.312. The summed E-state index contributed by atoms with van der Waals surface area (Å²) >= 11 is 6.49. The van der Waals surface area contributed by atoms with Crippen LogP contribution in [0.1, 0.15) is 30.7 Å². The summed E-state index contributed by atoms with van der Waals surface area (Å²) in [5, 5.41) is 14.2. The van der Waals surface area contributed by atoms with Crippen molar-refractivity contribution in [1.82, 2.24) is 9.99 Å². The first-order valence-electron chi connectivity index (χ1n) is 7.46. The third-order valence-electron chi connectivity index (χ3n) is 3.17. The summed E-state index contributed by atoms with van der Waals surface area (Å²) in [6.45, 7) is 4.50. The number of ether oxygens (including phenoxy) is 1. The Labute approximate surface area is 149 Å². The van der Waals surface area contributed by atoms with Crippen LogP contribution in [0.25, 0.3) is 0 Å². The number of aromatic hydroxyl groups is 1. The largest absolute Gasteiger partial charge is 0.493 e. The highest BCUT2D eigenvalue weighted by Gasteiger charge is 2.14. The number of carbonyl (C=O) groups is 1. The predicted molar refractivity (Wildman–Crippen MR) is 97.1 cm³/mol. The van der Waals surface area contributed by atoms with Crippen molar-refractivity contribution in [3.63, 3.8) is 0 Å². The van der Waals surface area contributed by atoms with Crippen molar-refractivity contribution < 1.29 is 14.6 Å². The maximum Gasteiger partial charge on any atom is 0.428 e. The van der Waals surface area contributed by atoms with E-state index in [4.69, 9.17) is 17.0 Å². The number of nitrogens with one attached hydrogen (secondary N) is 1. The molecule has 8 heteroatoms. The van der Waals surface area contributed by atoms with E-state index in [1.165, 1.54) is 11.3 Å². The van der Waals surface area contributed by atoms with Crippen molar-refractivity contribution >= 4 is 35.4 Å². The Morgan fingerprint density at radius 1 is 1.42 bits per heavy atom. The summed E-state index contributed by atoms with van der Waals surface area (Å²) < 4.78 is 7.30. The fourth-order valence-electron chi connectivity index (χ4n) is 1.99. The van der Waals surface area contributed by atoms with E-state index in [0.717, 1.165) is 12.0 Å². The smallest absolute Gasteiger partial charge is 0.428 e. The third-order valence-corrected chi connectivity index (χ3v) is 4.72. The van der Waals surface area contributed by atoms with Gasteiger partial charge in [0.05, 0.1) is 5.71 Å². The van der Waals surface area contributed by atoms with Gasteiger partial charge in [-0.15, -0.1) is 0 Å². The van der Waals surface area contributed by atoms with Crippen LogP contribution in [0, 0.1) is 3.95 Å². The molecule has 128 valence electrons. The highest BCUT2D eigenvalue weighted by molar-refractivity contribution is 7.73. The molecule has 0 saturated heterocycles. The van der Waals surface area contributed by atoms with Gasteiger partial charge in [-0.25, -0.2) is 10.2 Å². The minimum absolute atomic E-state index is 0.0764. The number of amides is 1. The van der Waals surface area contributed by atoms with Gasteiger partial charge in [0.2, 0.25) is 5.88 Å². The van der Waals surface area contributed by atoms with E-state index in [2.05, 4.69) is 10.5 Å². The minimum atomic E-state index is -0.658. The van der Waals surface area contributed by atoms with Crippen LogP contribution in [0.3, 0.4) is 0 Å². The molecule has 1 aromatic carbocycles. The summed E-state index contributed by atoms with van der Waals surface area (Å²) in [6.07, 6.45) is 0.201. The molecule has 0 unspecified atom stereocenters. The summed E-state index contributed by atoms with van der Waals surface area (Å²) in [7, 11) is 0. The zero-order chi connectivity index (χ0) is 17.5. The average molecular weight is 365 g/mol. The monoisotopic (exact) mass is 365 g/mol. The Kier molecular flexibility index (Phi) is 6.51. The third kappa shape index (κ3) is 4.65. The Morgan fingerprint density at radius 2 is 2.12 bits per heavy atom. The lowest BCUT2D eigenvalue weighted by Gasteiger charge is -2.05. The van der Waals surface area contributed by atoms with Gasteiger partial charge < -0.3 is 9.84 Å². The Balaban J connectivity index is 1.97. The first kappa shape index (κ1) is 18.2. The second kappa shape index (κ2) is 8.60. The van der Waals surface area contributed by atoms with E-state index in [1.807, 2.05) is 37.3 Å². The molecule has 0 saturated carbocycles. The molecule has 0 spiro atoms. The Morgan fingerprint density at radius 3 is 2.79 bits per heavy atom. The van der Waals surface area contributed by atoms with Crippen molar-refractivity contribution in [2.45, 2.75) is 33.4 Å². The highest BCUT2D eigenvalue weighted by Crippen LogP contribution is 2.26. The molecule has 6 nitrogen and oxygen atoms in total. The average Bonchev–Trinajstić information content (AvgIpc) is 2.87. The maximum atomic E-state index is 11.7. The van der Waals surface area contributed by atoms with Crippen molar-refractivity contribution in [3.8, 4) is 5.88 Å². The topological polar surface area (TPSA) is 75.9 Å². The molecule has 1 heterocycles. The van der Waals surface area contributed by atoms with Crippen LogP contribution in [0.2, 0.25) is 0 Å². The highest BCUT2D eigenvalue weighted by atomic mass is 32.1. The van der Waals surface area contributed by atoms with Crippen LogP contribution in [0.15, 0.2) is 35.4 Å². The Bertz CT molecular complexity index is 782. The fourth-order valence-corrected chi connectivity index (χ4v) is 3.27. The van der Waals surface area contributed by atoms with Crippen LogP contribution in [0.5, 0.6) is 5.88 Å². The predicted octanol–water partition coefficient (Wildman–Crippen LogP) is 4.05. The van der Waals surface area contributed by atoms with Gasteiger partial charge in [0.25, 0.3) is 0 Å². The second-order valence-electron chi connectivity index (χ2n) is 5.04. The molecule has 2 rings (SSSR count). The molecule has 0 aliphatic heterocycles. The number of rotatable bonds is 6. The number of benzene rings is 1. The van der Waals surface area contributed by atoms with Gasteiger partial charge in [0.15, 0.2) is 3.95 Å². The van der Waals surface area contributed by atoms with Crippen molar-refractivity contribution in [3.05, 3.63) is 44.7 Å². The number of hydrogen-bond acceptors (Lipinski definition) is 6. The first-order valence-corrected chi connectivity index (χ1v) is 8.69. The lowest BCUT2D eigenvalue weighted by Crippen LogP contribution is -2.20. The molecule has 2 aromatic rings. The minimum Gasteiger partial charge on any atom is -0.493 e. The maximum absolute atomic E-state index is 11.7. The molecule has 24 heavy (non-hydrogen) atoms. The zero-order valence-corrected chi connectivity index (χ0v) is 15.1. The van der Waals surface area contributed by atoms with E-state index >= 15 is 0 Å². The molecule has 1 amide bonds. The van der Waals surface area contributed by atoms with Crippen molar-refractivity contribution in [2.75, 3.05) is 0 Å². The number of thiazole rings is 1. The number of hydrogen-bond donors (Lipinski definition) is 2. The summed E-state index contributed by atoms with van der Waals surface area (Å²) in [4.78, 5) is 12.2. The van der Waals surface area contributed by atoms with E-state index in [9.17, 15) is 9.90 Å². The van der Waals surface area contributed by atoms with Gasteiger partial charge in [-0.1, -0.05) is 48.6 Å². The van der Waals surface area contributed by atoms with Crippen molar-refractivity contribution in [2.24, 2.45) is 5.10 Å². The van der Waals surface area contributed by atoms with E-state index in [1.54, 1.807) is 11.5 Å².